The second-order valence-electron chi connectivity index (χ2n) is 3.71. The molecule has 0 heterocycles. The largest absolute Gasteiger partial charge is 0.395 e. The molecule has 0 aliphatic heterocycles. The van der Waals surface area contributed by atoms with Crippen molar-refractivity contribution in [1.29, 1.82) is 0 Å². The van der Waals surface area contributed by atoms with E-state index in [1.165, 1.54) is 0 Å². The van der Waals surface area contributed by atoms with Gasteiger partial charge in [-0.3, -0.25) is 0 Å². The van der Waals surface area contributed by atoms with Crippen LogP contribution >= 0.6 is 11.8 Å². The van der Waals surface area contributed by atoms with Gasteiger partial charge in [0.25, 0.3) is 0 Å². The summed E-state index contributed by atoms with van der Waals surface area (Å²) in [6.45, 7) is -0.0118. The Labute approximate surface area is 95.3 Å². The van der Waals surface area contributed by atoms with Crippen LogP contribution in [0.4, 0.5) is 0 Å². The van der Waals surface area contributed by atoms with E-state index in [0.717, 1.165) is 17.7 Å². The minimum Gasteiger partial charge on any atom is -0.395 e. The van der Waals surface area contributed by atoms with Gasteiger partial charge in [-0.25, -0.2) is 0 Å². The Morgan fingerprint density at radius 1 is 1.13 bits per heavy atom. The highest BCUT2D eigenvalue weighted by Crippen LogP contribution is 2.28. The highest BCUT2D eigenvalue weighted by Gasteiger charge is 2.30. The van der Waals surface area contributed by atoms with Gasteiger partial charge in [-0.1, -0.05) is 30.3 Å². The summed E-state index contributed by atoms with van der Waals surface area (Å²) in [5, 5.41) is 19.0. The first-order valence-electron chi connectivity index (χ1n) is 5.05. The van der Waals surface area contributed by atoms with E-state index in [1.807, 2.05) is 36.6 Å². The maximum Gasteiger partial charge on any atom is 0.0550 e. The molecule has 1 aromatic carbocycles. The summed E-state index contributed by atoms with van der Waals surface area (Å²) in [6.07, 6.45) is 2.83. The Hall–Kier alpha value is -0.510. The first kappa shape index (κ1) is 12.6. The topological polar surface area (TPSA) is 40.5 Å². The maximum atomic E-state index is 9.49. The molecule has 15 heavy (non-hydrogen) atoms. The molecule has 0 radical (unpaired) electrons. The van der Waals surface area contributed by atoms with Crippen molar-refractivity contribution in [3.8, 4) is 0 Å². The maximum absolute atomic E-state index is 9.49. The summed E-state index contributed by atoms with van der Waals surface area (Å²) in [6, 6.07) is 9.75. The van der Waals surface area contributed by atoms with Crippen molar-refractivity contribution >= 4 is 11.8 Å². The molecule has 0 aromatic heterocycles. The van der Waals surface area contributed by atoms with Crippen LogP contribution in [0.5, 0.6) is 0 Å². The Morgan fingerprint density at radius 2 is 1.73 bits per heavy atom. The molecule has 84 valence electrons. The minimum atomic E-state index is -0.482. The van der Waals surface area contributed by atoms with Crippen LogP contribution in [0.2, 0.25) is 0 Å². The van der Waals surface area contributed by atoms with E-state index in [0.29, 0.717) is 0 Å². The molecule has 2 N–H and O–H groups in total. The summed E-state index contributed by atoms with van der Waals surface area (Å²) in [4.78, 5) is 0. The van der Waals surface area contributed by atoms with Crippen molar-refractivity contribution in [1.82, 2.24) is 0 Å². The predicted octanol–water partition coefficient (Wildman–Crippen LogP) is 1.66. The van der Waals surface area contributed by atoms with Gasteiger partial charge in [-0.05, 0) is 24.0 Å². The lowest BCUT2D eigenvalue weighted by molar-refractivity contribution is 0.114. The lowest BCUT2D eigenvalue weighted by Crippen LogP contribution is -2.35. The smallest absolute Gasteiger partial charge is 0.0550 e. The van der Waals surface area contributed by atoms with Crippen LogP contribution in [-0.2, 0) is 5.41 Å². The Kier molecular flexibility index (Phi) is 5.15. The fourth-order valence-corrected chi connectivity index (χ4v) is 2.22. The van der Waals surface area contributed by atoms with Crippen molar-refractivity contribution in [2.45, 2.75) is 11.8 Å². The lowest BCUT2D eigenvalue weighted by atomic mass is 9.79. The van der Waals surface area contributed by atoms with Gasteiger partial charge in [0.1, 0.15) is 0 Å². The van der Waals surface area contributed by atoms with Gasteiger partial charge in [0.15, 0.2) is 0 Å². The van der Waals surface area contributed by atoms with Gasteiger partial charge >= 0.3 is 0 Å². The van der Waals surface area contributed by atoms with Crippen LogP contribution in [0.3, 0.4) is 0 Å². The molecule has 0 saturated carbocycles. The van der Waals surface area contributed by atoms with Crippen LogP contribution in [0.1, 0.15) is 12.0 Å². The van der Waals surface area contributed by atoms with Crippen molar-refractivity contribution in [3.05, 3.63) is 35.9 Å². The van der Waals surface area contributed by atoms with E-state index >= 15 is 0 Å². The molecule has 0 atom stereocenters. The third-order valence-corrected chi connectivity index (χ3v) is 3.39. The molecule has 0 bridgehead atoms. The molecule has 1 rings (SSSR count). The van der Waals surface area contributed by atoms with Gasteiger partial charge < -0.3 is 10.2 Å². The molecular formula is C12H18O2S. The van der Waals surface area contributed by atoms with E-state index in [4.69, 9.17) is 0 Å². The van der Waals surface area contributed by atoms with Gasteiger partial charge in [0.2, 0.25) is 0 Å². The Morgan fingerprint density at radius 3 is 2.20 bits per heavy atom. The normalized spacial score (nSPS) is 11.7. The van der Waals surface area contributed by atoms with Crippen LogP contribution in [0.15, 0.2) is 30.3 Å². The molecule has 1 aromatic rings. The summed E-state index contributed by atoms with van der Waals surface area (Å²) < 4.78 is 0. The number of hydrogen-bond donors (Lipinski definition) is 2. The SMILES string of the molecule is CSCCC(CO)(CO)c1ccccc1. The van der Waals surface area contributed by atoms with Crippen molar-refractivity contribution < 1.29 is 10.2 Å². The summed E-state index contributed by atoms with van der Waals surface area (Å²) >= 11 is 1.73. The fourth-order valence-electron chi connectivity index (χ4n) is 1.62. The van der Waals surface area contributed by atoms with Crippen molar-refractivity contribution in [2.24, 2.45) is 0 Å². The van der Waals surface area contributed by atoms with Crippen LogP contribution in [0, 0.1) is 0 Å². The minimum absolute atomic E-state index is 0.00588. The van der Waals surface area contributed by atoms with E-state index in [1.54, 1.807) is 11.8 Å². The molecule has 0 saturated heterocycles. The van der Waals surface area contributed by atoms with E-state index in [9.17, 15) is 10.2 Å². The highest BCUT2D eigenvalue weighted by molar-refractivity contribution is 7.98. The number of rotatable bonds is 6. The standard InChI is InChI=1S/C12H18O2S/c1-15-8-7-12(9-13,10-14)11-5-3-2-4-6-11/h2-6,13-14H,7-10H2,1H3. The Balaban J connectivity index is 2.89. The molecular weight excluding hydrogens is 208 g/mol. The van der Waals surface area contributed by atoms with Crippen LogP contribution in [-0.4, -0.2) is 35.4 Å². The average Bonchev–Trinajstić information content (AvgIpc) is 2.33. The molecule has 0 fully saturated rings. The van der Waals surface area contributed by atoms with Gasteiger partial charge in [-0.2, -0.15) is 11.8 Å². The fraction of sp³-hybridized carbons (Fsp3) is 0.500. The molecule has 0 aliphatic rings. The first-order valence-corrected chi connectivity index (χ1v) is 6.44. The third kappa shape index (κ3) is 2.97. The highest BCUT2D eigenvalue weighted by atomic mass is 32.2. The van der Waals surface area contributed by atoms with Crippen LogP contribution in [0.25, 0.3) is 0 Å². The number of hydrogen-bond acceptors (Lipinski definition) is 3. The second kappa shape index (κ2) is 6.16. The van der Waals surface area contributed by atoms with E-state index < -0.39 is 5.41 Å². The third-order valence-electron chi connectivity index (χ3n) is 2.78. The lowest BCUT2D eigenvalue weighted by Gasteiger charge is -2.30. The molecule has 3 heteroatoms. The summed E-state index contributed by atoms with van der Waals surface area (Å²) in [7, 11) is 0. The summed E-state index contributed by atoms with van der Waals surface area (Å²) in [5.41, 5.74) is 0.536. The zero-order valence-electron chi connectivity index (χ0n) is 9.02. The van der Waals surface area contributed by atoms with E-state index in [2.05, 4.69) is 0 Å². The van der Waals surface area contributed by atoms with Crippen molar-refractivity contribution in [2.75, 3.05) is 25.2 Å². The van der Waals surface area contributed by atoms with Gasteiger partial charge in [0, 0.05) is 5.41 Å². The van der Waals surface area contributed by atoms with Crippen LogP contribution < -0.4 is 0 Å². The predicted molar refractivity (Wildman–Crippen MR) is 65.3 cm³/mol. The molecule has 0 spiro atoms. The number of thioether (sulfide) groups is 1. The number of aliphatic hydroxyl groups is 2. The molecule has 0 amide bonds. The first-order chi connectivity index (χ1) is 7.29. The van der Waals surface area contributed by atoms with E-state index in [-0.39, 0.29) is 13.2 Å². The molecule has 0 aliphatic carbocycles. The monoisotopic (exact) mass is 226 g/mol. The summed E-state index contributed by atoms with van der Waals surface area (Å²) in [5.74, 6) is 0.940. The second-order valence-corrected chi connectivity index (χ2v) is 4.69. The van der Waals surface area contributed by atoms with Crippen molar-refractivity contribution in [3.63, 3.8) is 0 Å². The number of benzene rings is 1. The Bertz CT molecular complexity index is 270. The quantitative estimate of drug-likeness (QED) is 0.775. The zero-order valence-corrected chi connectivity index (χ0v) is 9.83. The molecule has 0 unspecified atom stereocenters. The number of aliphatic hydroxyl groups excluding tert-OH is 2. The zero-order chi connectivity index (χ0) is 11.1. The van der Waals surface area contributed by atoms with Gasteiger partial charge in [-0.15, -0.1) is 0 Å². The van der Waals surface area contributed by atoms with Gasteiger partial charge in [0.05, 0.1) is 13.2 Å². The average molecular weight is 226 g/mol. The molecule has 2 nitrogen and oxygen atoms in total.